The van der Waals surface area contributed by atoms with E-state index in [1.807, 2.05) is 42.2 Å². The van der Waals surface area contributed by atoms with Crippen LogP contribution in [0.5, 0.6) is 0 Å². The number of likely N-dealkylation sites (tertiary alicyclic amines) is 1. The van der Waals surface area contributed by atoms with Gasteiger partial charge in [0.05, 0.1) is 0 Å². The lowest BCUT2D eigenvalue weighted by Gasteiger charge is -2.29. The number of amides is 1. The molecule has 1 unspecified atom stereocenters. The molecule has 122 valence electrons. The maximum absolute atomic E-state index is 12.5. The van der Waals surface area contributed by atoms with Crippen molar-refractivity contribution in [2.75, 3.05) is 6.61 Å². The Morgan fingerprint density at radius 1 is 1.23 bits per heavy atom. The third-order valence-corrected chi connectivity index (χ3v) is 4.12. The van der Waals surface area contributed by atoms with Gasteiger partial charge in [-0.3, -0.25) is 4.90 Å². The molecule has 0 aromatic heterocycles. The molecule has 4 nitrogen and oxygen atoms in total. The van der Waals surface area contributed by atoms with Crippen LogP contribution in [0.2, 0.25) is 0 Å². The standard InChI is InChI=1S/C18H27NO3/c1-3-5-11-16-12-13-17(21-4-2)19(16)18(20)22-14-15-9-7-6-8-10-15/h6-10,16-17H,3-5,11-14H2,1-2H3/t16-,17?/m1/s1. The summed E-state index contributed by atoms with van der Waals surface area (Å²) in [4.78, 5) is 14.3. The van der Waals surface area contributed by atoms with E-state index in [-0.39, 0.29) is 18.4 Å². The lowest BCUT2D eigenvalue weighted by atomic mass is 10.1. The highest BCUT2D eigenvalue weighted by Gasteiger charge is 2.37. The Bertz CT molecular complexity index is 449. The fourth-order valence-corrected chi connectivity index (χ4v) is 2.99. The van der Waals surface area contributed by atoms with Crippen molar-refractivity contribution in [3.8, 4) is 0 Å². The van der Waals surface area contributed by atoms with Crippen molar-refractivity contribution in [2.24, 2.45) is 0 Å². The summed E-state index contributed by atoms with van der Waals surface area (Å²) in [6.45, 7) is 5.07. The molecule has 1 heterocycles. The molecule has 1 aromatic carbocycles. The number of hydrogen-bond donors (Lipinski definition) is 0. The van der Waals surface area contributed by atoms with E-state index < -0.39 is 0 Å². The first kappa shape index (κ1) is 16.8. The van der Waals surface area contributed by atoms with Gasteiger partial charge in [-0.2, -0.15) is 0 Å². The molecule has 2 atom stereocenters. The van der Waals surface area contributed by atoms with Crippen LogP contribution in [0.3, 0.4) is 0 Å². The Kier molecular flexibility index (Phi) is 6.72. The average Bonchev–Trinajstić information content (AvgIpc) is 2.95. The minimum absolute atomic E-state index is 0.130. The molecule has 22 heavy (non-hydrogen) atoms. The number of ether oxygens (including phenoxy) is 2. The largest absolute Gasteiger partial charge is 0.444 e. The molecule has 0 radical (unpaired) electrons. The van der Waals surface area contributed by atoms with Crippen LogP contribution in [0, 0.1) is 0 Å². The van der Waals surface area contributed by atoms with Gasteiger partial charge >= 0.3 is 6.09 Å². The van der Waals surface area contributed by atoms with Gasteiger partial charge < -0.3 is 9.47 Å². The Morgan fingerprint density at radius 3 is 2.68 bits per heavy atom. The molecule has 1 fully saturated rings. The van der Waals surface area contributed by atoms with Gasteiger partial charge in [0.1, 0.15) is 12.8 Å². The molecule has 2 rings (SSSR count). The molecule has 1 aliphatic heterocycles. The predicted octanol–water partition coefficient (Wildman–Crippen LogP) is 4.34. The van der Waals surface area contributed by atoms with Gasteiger partial charge in [0.15, 0.2) is 0 Å². The predicted molar refractivity (Wildman–Crippen MR) is 86.4 cm³/mol. The lowest BCUT2D eigenvalue weighted by Crippen LogP contribution is -2.42. The van der Waals surface area contributed by atoms with Crippen molar-refractivity contribution in [1.29, 1.82) is 0 Å². The van der Waals surface area contributed by atoms with Crippen LogP contribution in [0.15, 0.2) is 30.3 Å². The summed E-state index contributed by atoms with van der Waals surface area (Å²) >= 11 is 0. The Morgan fingerprint density at radius 2 is 2.00 bits per heavy atom. The van der Waals surface area contributed by atoms with Crippen LogP contribution < -0.4 is 0 Å². The molecule has 0 spiro atoms. The van der Waals surface area contributed by atoms with Crippen molar-refractivity contribution in [3.05, 3.63) is 35.9 Å². The van der Waals surface area contributed by atoms with E-state index in [0.717, 1.165) is 37.7 Å². The summed E-state index contributed by atoms with van der Waals surface area (Å²) in [5, 5.41) is 0. The lowest BCUT2D eigenvalue weighted by molar-refractivity contribution is -0.0406. The molecule has 1 aliphatic rings. The molecule has 1 amide bonds. The topological polar surface area (TPSA) is 38.8 Å². The number of benzene rings is 1. The second kappa shape index (κ2) is 8.79. The van der Waals surface area contributed by atoms with Gasteiger partial charge in [-0.15, -0.1) is 0 Å². The minimum atomic E-state index is -0.249. The molecular formula is C18H27NO3. The third-order valence-electron chi connectivity index (χ3n) is 4.12. The zero-order valence-corrected chi connectivity index (χ0v) is 13.7. The first-order valence-corrected chi connectivity index (χ1v) is 8.36. The third kappa shape index (κ3) is 4.47. The van der Waals surface area contributed by atoms with Crippen molar-refractivity contribution >= 4 is 6.09 Å². The Balaban J connectivity index is 1.95. The van der Waals surface area contributed by atoms with Crippen molar-refractivity contribution in [2.45, 2.75) is 64.8 Å². The number of rotatable bonds is 7. The van der Waals surface area contributed by atoms with Gasteiger partial charge in [-0.25, -0.2) is 4.79 Å². The Labute approximate surface area is 133 Å². The summed E-state index contributed by atoms with van der Waals surface area (Å²) in [7, 11) is 0. The number of carbonyl (C=O) groups is 1. The maximum atomic E-state index is 12.5. The van der Waals surface area contributed by atoms with Crippen LogP contribution in [0.4, 0.5) is 4.79 Å². The van der Waals surface area contributed by atoms with E-state index in [9.17, 15) is 4.79 Å². The average molecular weight is 305 g/mol. The van der Waals surface area contributed by atoms with E-state index in [1.54, 1.807) is 0 Å². The van der Waals surface area contributed by atoms with Crippen LogP contribution in [0.1, 0.15) is 51.5 Å². The monoisotopic (exact) mass is 305 g/mol. The molecule has 4 heteroatoms. The molecular weight excluding hydrogens is 278 g/mol. The Hall–Kier alpha value is -1.55. The molecule has 0 bridgehead atoms. The fourth-order valence-electron chi connectivity index (χ4n) is 2.99. The van der Waals surface area contributed by atoms with Gasteiger partial charge in [0.2, 0.25) is 0 Å². The minimum Gasteiger partial charge on any atom is -0.444 e. The van der Waals surface area contributed by atoms with Crippen molar-refractivity contribution < 1.29 is 14.3 Å². The molecule has 0 saturated carbocycles. The SMILES string of the molecule is CCCC[C@@H]1CCC(OCC)N1C(=O)OCc1ccccc1. The second-order valence-electron chi connectivity index (χ2n) is 5.73. The highest BCUT2D eigenvalue weighted by Crippen LogP contribution is 2.29. The first-order chi connectivity index (χ1) is 10.8. The summed E-state index contributed by atoms with van der Waals surface area (Å²) in [5.41, 5.74) is 1.01. The van der Waals surface area contributed by atoms with E-state index in [0.29, 0.717) is 13.2 Å². The normalized spacial score (nSPS) is 21.1. The highest BCUT2D eigenvalue weighted by atomic mass is 16.6. The zero-order valence-electron chi connectivity index (χ0n) is 13.7. The van der Waals surface area contributed by atoms with Crippen LogP contribution in [0.25, 0.3) is 0 Å². The summed E-state index contributed by atoms with van der Waals surface area (Å²) in [6, 6.07) is 10.0. The van der Waals surface area contributed by atoms with E-state index >= 15 is 0 Å². The van der Waals surface area contributed by atoms with Crippen LogP contribution in [-0.2, 0) is 16.1 Å². The number of carbonyl (C=O) groups excluding carboxylic acids is 1. The zero-order chi connectivity index (χ0) is 15.8. The van der Waals surface area contributed by atoms with Gasteiger partial charge in [-0.05, 0) is 31.7 Å². The summed E-state index contributed by atoms with van der Waals surface area (Å²) in [6.07, 6.45) is 4.83. The number of hydrogen-bond acceptors (Lipinski definition) is 3. The smallest absolute Gasteiger partial charge is 0.412 e. The van der Waals surface area contributed by atoms with Crippen molar-refractivity contribution in [1.82, 2.24) is 4.90 Å². The van der Waals surface area contributed by atoms with Crippen molar-refractivity contribution in [3.63, 3.8) is 0 Å². The summed E-state index contributed by atoms with van der Waals surface area (Å²) < 4.78 is 11.2. The van der Waals surface area contributed by atoms with E-state index in [1.165, 1.54) is 0 Å². The molecule has 1 aromatic rings. The fraction of sp³-hybridized carbons (Fsp3) is 0.611. The number of nitrogens with zero attached hydrogens (tertiary/aromatic N) is 1. The van der Waals surface area contributed by atoms with Gasteiger partial charge in [-0.1, -0.05) is 50.1 Å². The quantitative estimate of drug-likeness (QED) is 0.752. The molecule has 1 saturated heterocycles. The first-order valence-electron chi connectivity index (χ1n) is 8.36. The van der Waals surface area contributed by atoms with Gasteiger partial charge in [0.25, 0.3) is 0 Å². The number of unbranched alkanes of at least 4 members (excludes halogenated alkanes) is 1. The van der Waals surface area contributed by atoms with Crippen LogP contribution >= 0.6 is 0 Å². The van der Waals surface area contributed by atoms with Gasteiger partial charge in [0, 0.05) is 12.6 Å². The van der Waals surface area contributed by atoms with E-state index in [2.05, 4.69) is 6.92 Å². The highest BCUT2D eigenvalue weighted by molar-refractivity contribution is 5.68. The second-order valence-corrected chi connectivity index (χ2v) is 5.73. The molecule has 0 aliphatic carbocycles. The van der Waals surface area contributed by atoms with E-state index in [4.69, 9.17) is 9.47 Å². The van der Waals surface area contributed by atoms with Crippen LogP contribution in [-0.4, -0.2) is 29.9 Å². The molecule has 0 N–H and O–H groups in total. The summed E-state index contributed by atoms with van der Waals surface area (Å²) in [5.74, 6) is 0. The maximum Gasteiger partial charge on any atom is 0.412 e.